The molecule has 1 aliphatic rings. The van der Waals surface area contributed by atoms with E-state index in [1.807, 2.05) is 13.0 Å². The van der Waals surface area contributed by atoms with Crippen LogP contribution in [-0.2, 0) is 38.7 Å². The Bertz CT molecular complexity index is 1450. The zero-order valence-corrected chi connectivity index (χ0v) is 21.0. The van der Waals surface area contributed by atoms with E-state index in [9.17, 15) is 18.0 Å². The fourth-order valence-corrected chi connectivity index (χ4v) is 4.94. The van der Waals surface area contributed by atoms with Gasteiger partial charge in [-0.3, -0.25) is 14.1 Å². The van der Waals surface area contributed by atoms with Crippen molar-refractivity contribution in [3.63, 3.8) is 0 Å². The van der Waals surface area contributed by atoms with E-state index in [-0.39, 0.29) is 5.91 Å². The number of hydrogen-bond donors (Lipinski definition) is 1. The summed E-state index contributed by atoms with van der Waals surface area (Å²) in [5.41, 5.74) is 5.55. The number of aromatic nitrogens is 2. The van der Waals surface area contributed by atoms with Gasteiger partial charge in [-0.25, -0.2) is 4.98 Å². The van der Waals surface area contributed by atoms with Gasteiger partial charge in [0.1, 0.15) is 11.3 Å². The highest BCUT2D eigenvalue weighted by molar-refractivity contribution is 6.30. The summed E-state index contributed by atoms with van der Waals surface area (Å²) >= 11 is 6.08. The van der Waals surface area contributed by atoms with E-state index in [2.05, 4.69) is 27.3 Å². The topological polar surface area (TPSA) is 49.6 Å². The van der Waals surface area contributed by atoms with Crippen LogP contribution >= 0.6 is 11.6 Å². The third-order valence-corrected chi connectivity index (χ3v) is 6.95. The molecule has 0 unspecified atom stereocenters. The average Bonchev–Trinajstić information content (AvgIpc) is 3.24. The van der Waals surface area contributed by atoms with Gasteiger partial charge in [0.15, 0.2) is 0 Å². The Kier molecular flexibility index (Phi) is 6.96. The van der Waals surface area contributed by atoms with E-state index >= 15 is 0 Å². The SMILES string of the molecule is CCc1nc2cc(Cl)ccn2c1C(=O)NCc1ccc2c(c1)CCN(Cc1ccc(C(F)(F)F)cc1)C2. The number of nitrogens with zero attached hydrogens (tertiary/aromatic N) is 3. The lowest BCUT2D eigenvalue weighted by Crippen LogP contribution is -2.30. The van der Waals surface area contributed by atoms with Crippen molar-refractivity contribution < 1.29 is 18.0 Å². The lowest BCUT2D eigenvalue weighted by molar-refractivity contribution is -0.137. The van der Waals surface area contributed by atoms with Gasteiger partial charge in [-0.05, 0) is 53.3 Å². The third kappa shape index (κ3) is 5.50. The van der Waals surface area contributed by atoms with Crippen LogP contribution in [0, 0.1) is 0 Å². The second-order valence-corrected chi connectivity index (χ2v) is 9.71. The van der Waals surface area contributed by atoms with E-state index in [1.165, 1.54) is 11.1 Å². The third-order valence-electron chi connectivity index (χ3n) is 6.71. The summed E-state index contributed by atoms with van der Waals surface area (Å²) in [4.78, 5) is 19.8. The maximum atomic E-state index is 13.1. The van der Waals surface area contributed by atoms with Gasteiger partial charge in [0.05, 0.1) is 11.3 Å². The molecule has 5 nitrogen and oxygen atoms in total. The van der Waals surface area contributed by atoms with Gasteiger partial charge in [-0.2, -0.15) is 13.2 Å². The molecule has 0 radical (unpaired) electrons. The molecule has 1 amide bonds. The number of halogens is 4. The minimum absolute atomic E-state index is 0.188. The smallest absolute Gasteiger partial charge is 0.347 e. The molecule has 1 aliphatic heterocycles. The fourth-order valence-electron chi connectivity index (χ4n) is 4.79. The van der Waals surface area contributed by atoms with E-state index < -0.39 is 11.7 Å². The summed E-state index contributed by atoms with van der Waals surface area (Å²) in [6.45, 7) is 4.50. The van der Waals surface area contributed by atoms with Crippen molar-refractivity contribution in [2.75, 3.05) is 6.54 Å². The minimum atomic E-state index is -4.32. The molecule has 5 rings (SSSR count). The normalized spacial score (nSPS) is 14.1. The number of hydrogen-bond acceptors (Lipinski definition) is 3. The number of imidazole rings is 1. The van der Waals surface area contributed by atoms with Crippen LogP contribution in [0.5, 0.6) is 0 Å². The standard InChI is InChI=1S/C28H26ClF3N4O/c1-2-24-26(36-12-10-23(29)14-25(36)34-24)27(37)33-15-19-3-6-21-17-35(11-9-20(21)13-19)16-18-4-7-22(8-5-18)28(30,31)32/h3-8,10,12-14H,2,9,11,15-17H2,1H3,(H,33,37). The average molecular weight is 527 g/mol. The molecule has 0 spiro atoms. The first-order chi connectivity index (χ1) is 17.7. The number of benzene rings is 2. The molecular formula is C28H26ClF3N4O. The Morgan fingerprint density at radius 1 is 1.05 bits per heavy atom. The number of carbonyl (C=O) groups excluding carboxylic acids is 1. The number of amides is 1. The molecule has 0 bridgehead atoms. The minimum Gasteiger partial charge on any atom is -0.347 e. The fraction of sp³-hybridized carbons (Fsp3) is 0.286. The highest BCUT2D eigenvalue weighted by atomic mass is 35.5. The highest BCUT2D eigenvalue weighted by Crippen LogP contribution is 2.29. The number of carbonyl (C=O) groups is 1. The van der Waals surface area contributed by atoms with Gasteiger partial charge in [-0.15, -0.1) is 0 Å². The van der Waals surface area contributed by atoms with Crippen LogP contribution in [-0.4, -0.2) is 26.7 Å². The number of fused-ring (bicyclic) bond motifs is 2. The van der Waals surface area contributed by atoms with E-state index in [0.717, 1.165) is 48.5 Å². The number of rotatable bonds is 6. The van der Waals surface area contributed by atoms with Crippen molar-refractivity contribution in [1.82, 2.24) is 19.6 Å². The number of pyridine rings is 1. The quantitative estimate of drug-likeness (QED) is 0.332. The van der Waals surface area contributed by atoms with Crippen LogP contribution in [0.2, 0.25) is 5.02 Å². The first-order valence-electron chi connectivity index (χ1n) is 12.1. The number of aryl methyl sites for hydroxylation is 1. The monoisotopic (exact) mass is 526 g/mol. The molecule has 2 aromatic carbocycles. The lowest BCUT2D eigenvalue weighted by Gasteiger charge is -2.29. The van der Waals surface area contributed by atoms with E-state index in [4.69, 9.17) is 11.6 Å². The van der Waals surface area contributed by atoms with Gasteiger partial charge in [0.25, 0.3) is 5.91 Å². The summed E-state index contributed by atoms with van der Waals surface area (Å²) < 4.78 is 40.2. The van der Waals surface area contributed by atoms with E-state index in [1.54, 1.807) is 34.9 Å². The maximum Gasteiger partial charge on any atom is 0.416 e. The molecule has 3 heterocycles. The molecule has 0 saturated heterocycles. The Morgan fingerprint density at radius 3 is 2.54 bits per heavy atom. The van der Waals surface area contributed by atoms with Crippen molar-refractivity contribution in [2.45, 2.75) is 45.6 Å². The summed E-state index contributed by atoms with van der Waals surface area (Å²) in [5, 5.41) is 3.59. The Balaban J connectivity index is 1.22. The molecule has 4 aromatic rings. The zero-order chi connectivity index (χ0) is 26.2. The molecule has 0 aliphatic carbocycles. The predicted molar refractivity (Wildman–Crippen MR) is 136 cm³/mol. The van der Waals surface area contributed by atoms with Crippen LogP contribution in [0.25, 0.3) is 5.65 Å². The zero-order valence-electron chi connectivity index (χ0n) is 20.3. The van der Waals surface area contributed by atoms with Gasteiger partial charge < -0.3 is 5.32 Å². The molecule has 2 aromatic heterocycles. The van der Waals surface area contributed by atoms with Crippen molar-refractivity contribution in [3.05, 3.63) is 105 Å². The number of alkyl halides is 3. The van der Waals surface area contributed by atoms with Crippen molar-refractivity contribution in [2.24, 2.45) is 0 Å². The van der Waals surface area contributed by atoms with E-state index in [0.29, 0.717) is 35.9 Å². The lowest BCUT2D eigenvalue weighted by atomic mass is 9.96. The Morgan fingerprint density at radius 2 is 1.81 bits per heavy atom. The predicted octanol–water partition coefficient (Wildman–Crippen LogP) is 6.06. The first kappa shape index (κ1) is 25.3. The molecule has 0 fully saturated rings. The van der Waals surface area contributed by atoms with Crippen molar-refractivity contribution in [3.8, 4) is 0 Å². The molecule has 37 heavy (non-hydrogen) atoms. The summed E-state index contributed by atoms with van der Waals surface area (Å²) in [6, 6.07) is 15.1. The van der Waals surface area contributed by atoms with Crippen LogP contribution in [0.3, 0.4) is 0 Å². The Hall–Kier alpha value is -3.36. The van der Waals surface area contributed by atoms with Crippen LogP contribution < -0.4 is 5.32 Å². The summed E-state index contributed by atoms with van der Waals surface area (Å²) in [6.07, 6.45) is -1.09. The summed E-state index contributed by atoms with van der Waals surface area (Å²) in [5.74, 6) is -0.188. The highest BCUT2D eigenvalue weighted by Gasteiger charge is 2.30. The molecule has 0 atom stereocenters. The van der Waals surface area contributed by atoms with Crippen LogP contribution in [0.15, 0.2) is 60.8 Å². The second-order valence-electron chi connectivity index (χ2n) is 9.27. The van der Waals surface area contributed by atoms with Crippen molar-refractivity contribution >= 4 is 23.2 Å². The van der Waals surface area contributed by atoms with Gasteiger partial charge in [0, 0.05) is 43.5 Å². The molecule has 9 heteroatoms. The molecule has 1 N–H and O–H groups in total. The summed E-state index contributed by atoms with van der Waals surface area (Å²) in [7, 11) is 0. The number of nitrogens with one attached hydrogen (secondary N) is 1. The molecular weight excluding hydrogens is 501 g/mol. The molecule has 0 saturated carbocycles. The first-order valence-corrected chi connectivity index (χ1v) is 12.5. The van der Waals surface area contributed by atoms with Crippen molar-refractivity contribution in [1.29, 1.82) is 0 Å². The largest absolute Gasteiger partial charge is 0.416 e. The van der Waals surface area contributed by atoms with Crippen LogP contribution in [0.4, 0.5) is 13.2 Å². The maximum absolute atomic E-state index is 13.1. The van der Waals surface area contributed by atoms with Gasteiger partial charge in [-0.1, -0.05) is 48.9 Å². The van der Waals surface area contributed by atoms with Gasteiger partial charge in [0.2, 0.25) is 0 Å². The van der Waals surface area contributed by atoms with Gasteiger partial charge >= 0.3 is 6.18 Å². The molecule has 192 valence electrons. The second kappa shape index (κ2) is 10.2. The Labute approximate surface area is 217 Å². The van der Waals surface area contributed by atoms with Crippen LogP contribution in [0.1, 0.15) is 50.9 Å².